The second-order valence-corrected chi connectivity index (χ2v) is 18.8. The molecule has 60 heavy (non-hydrogen) atoms. The highest BCUT2D eigenvalue weighted by molar-refractivity contribution is 7.90. The van der Waals surface area contributed by atoms with Crippen LogP contribution in [0.4, 0.5) is 11.4 Å². The van der Waals surface area contributed by atoms with Crippen LogP contribution in [0, 0.1) is 15.5 Å². The molecular weight excluding hydrogens is 804 g/mol. The number of fused-ring (bicyclic) bond motifs is 2. The fourth-order valence-corrected chi connectivity index (χ4v) is 10.2. The van der Waals surface area contributed by atoms with E-state index in [0.29, 0.717) is 22.6 Å². The van der Waals surface area contributed by atoms with Gasteiger partial charge in [0.05, 0.1) is 27.1 Å². The van der Waals surface area contributed by atoms with Gasteiger partial charge in [0.2, 0.25) is 0 Å². The number of rotatable bonds is 11. The fraction of sp³-hybridized carbons (Fsp3) is 0.341. The summed E-state index contributed by atoms with van der Waals surface area (Å²) in [6.07, 6.45) is 12.5. The van der Waals surface area contributed by atoms with Gasteiger partial charge in [-0.2, -0.15) is 0 Å². The number of allylic oxidation sites excluding steroid dienone is 1. The third kappa shape index (κ3) is 7.50. The third-order valence-electron chi connectivity index (χ3n) is 12.8. The van der Waals surface area contributed by atoms with Crippen molar-refractivity contribution in [3.8, 4) is 11.5 Å². The molecule has 0 bridgehead atoms. The van der Waals surface area contributed by atoms with Gasteiger partial charge in [-0.3, -0.25) is 19.8 Å². The van der Waals surface area contributed by atoms with Gasteiger partial charge in [0.15, 0.2) is 0 Å². The number of nitrogens with one attached hydrogen (secondary N) is 3. The third-order valence-corrected chi connectivity index (χ3v) is 14.3. The first-order valence-electron chi connectivity index (χ1n) is 20.4. The van der Waals surface area contributed by atoms with Crippen LogP contribution in [0.2, 0.25) is 5.02 Å². The number of amides is 1. The molecule has 1 saturated heterocycles. The normalized spacial score (nSPS) is 18.2. The molecule has 2 saturated carbocycles. The molecule has 0 radical (unpaired) electrons. The average Bonchev–Trinajstić information content (AvgIpc) is 3.81. The molecule has 3 N–H and O–H groups in total. The summed E-state index contributed by atoms with van der Waals surface area (Å²) in [6.45, 7) is 4.06. The predicted molar refractivity (Wildman–Crippen MR) is 229 cm³/mol. The quantitative estimate of drug-likeness (QED) is 0.0844. The van der Waals surface area contributed by atoms with Crippen molar-refractivity contribution in [1.82, 2.24) is 29.6 Å². The van der Waals surface area contributed by atoms with Crippen molar-refractivity contribution in [2.45, 2.75) is 62.2 Å². The minimum absolute atomic E-state index is 0.0373. The first-order chi connectivity index (χ1) is 29.0. The number of hydrogen-bond acceptors (Lipinski definition) is 10. The monoisotopic (exact) mass is 846 g/mol. The Bertz CT molecular complexity index is 2820. The Balaban J connectivity index is 0.899. The Kier molecular flexibility index (Phi) is 9.64. The molecule has 3 aromatic heterocycles. The molecular formula is C44H43ClN8O6S. The molecule has 308 valence electrons. The van der Waals surface area contributed by atoms with E-state index in [1.165, 1.54) is 54.7 Å². The Morgan fingerprint density at radius 1 is 1.02 bits per heavy atom. The van der Waals surface area contributed by atoms with Crippen molar-refractivity contribution in [2.24, 2.45) is 5.41 Å². The fourth-order valence-electron chi connectivity index (χ4n) is 9.08. The molecule has 3 fully saturated rings. The van der Waals surface area contributed by atoms with Crippen LogP contribution < -0.4 is 14.4 Å². The number of aromatic nitrogens is 4. The molecule has 0 unspecified atom stereocenters. The number of benzene rings is 3. The maximum absolute atomic E-state index is 14.0. The number of imidazole rings is 1. The number of ether oxygens (including phenoxy) is 1. The Hall–Kier alpha value is -5.77. The number of sulfonamides is 1. The summed E-state index contributed by atoms with van der Waals surface area (Å²) in [5.41, 5.74) is 5.99. The number of piperazine rings is 1. The van der Waals surface area contributed by atoms with Crippen LogP contribution >= 0.6 is 11.6 Å². The van der Waals surface area contributed by atoms with Crippen LogP contribution in [0.25, 0.3) is 27.6 Å². The predicted octanol–water partition coefficient (Wildman–Crippen LogP) is 8.72. The second-order valence-electron chi connectivity index (χ2n) is 16.7. The standard InChI is InChI=1S/C44H43ClN8O6S/c45-31-6-4-27(5-7-31)36-24-44(12-1-13-44)14-10-30(36)26-51-16-18-52(19-17-51)32-8-9-35(39(21-32)59-33-20-29-11-15-46-41(29)47-25-33)43(54)50-60(57,58)34-22-37-40(38(23-34)53(55)56)49-42(48-37)28-2-3-28/h4-9,11,15,20-23,25,28H,1-3,10,12-14,16-19,24,26H2,(H,46,47)(H,48,49)(H,50,54). The first kappa shape index (κ1) is 38.4. The van der Waals surface area contributed by atoms with Gasteiger partial charge in [-0.1, -0.05) is 35.7 Å². The minimum atomic E-state index is -4.59. The molecule has 4 aliphatic rings. The van der Waals surface area contributed by atoms with Crippen LogP contribution in [0.1, 0.15) is 79.0 Å². The summed E-state index contributed by atoms with van der Waals surface area (Å²) in [6, 6.07) is 19.2. The lowest BCUT2D eigenvalue weighted by Gasteiger charge is -2.47. The molecule has 3 aromatic carbocycles. The number of nitrogens with zero attached hydrogens (tertiary/aromatic N) is 5. The number of nitro benzene ring substituents is 1. The van der Waals surface area contributed by atoms with Gasteiger partial charge >= 0.3 is 0 Å². The van der Waals surface area contributed by atoms with Gasteiger partial charge < -0.3 is 19.6 Å². The Morgan fingerprint density at radius 3 is 2.55 bits per heavy atom. The number of nitro groups is 1. The number of halogens is 1. The van der Waals surface area contributed by atoms with Crippen molar-refractivity contribution in [3.63, 3.8) is 0 Å². The number of non-ortho nitro benzene ring substituents is 1. The summed E-state index contributed by atoms with van der Waals surface area (Å²) in [7, 11) is -4.59. The highest BCUT2D eigenvalue weighted by Crippen LogP contribution is 2.55. The van der Waals surface area contributed by atoms with Crippen LogP contribution in [0.15, 0.2) is 89.6 Å². The molecule has 1 aliphatic heterocycles. The van der Waals surface area contributed by atoms with Crippen LogP contribution in [0.5, 0.6) is 11.5 Å². The van der Waals surface area contributed by atoms with Gasteiger partial charge in [-0.05, 0) is 104 Å². The van der Waals surface area contributed by atoms with Crippen molar-refractivity contribution >= 4 is 66.5 Å². The molecule has 4 heterocycles. The van der Waals surface area contributed by atoms with E-state index in [9.17, 15) is 23.3 Å². The number of aromatic amines is 2. The summed E-state index contributed by atoms with van der Waals surface area (Å²) in [4.78, 5) is 44.5. The molecule has 16 heteroatoms. The van der Waals surface area contributed by atoms with Crippen molar-refractivity contribution < 1.29 is 22.9 Å². The summed E-state index contributed by atoms with van der Waals surface area (Å²) >= 11 is 6.27. The zero-order valence-corrected chi connectivity index (χ0v) is 34.3. The number of hydrogen-bond donors (Lipinski definition) is 3. The molecule has 1 spiro atoms. The number of pyridine rings is 1. The lowest BCUT2D eigenvalue weighted by Crippen LogP contribution is -2.47. The van der Waals surface area contributed by atoms with E-state index >= 15 is 0 Å². The van der Waals surface area contributed by atoms with E-state index in [4.69, 9.17) is 16.3 Å². The lowest BCUT2D eigenvalue weighted by molar-refractivity contribution is -0.383. The highest BCUT2D eigenvalue weighted by atomic mass is 35.5. The number of carbonyl (C=O) groups excluding carboxylic acids is 1. The SMILES string of the molecule is O=C(NS(=O)(=O)c1cc([N+](=O)[O-])c2[nH]c(C3CC3)nc2c1)c1ccc(N2CCN(CC3=C(c4ccc(Cl)cc4)CC4(CCC4)CC3)CC2)cc1Oc1cnc2[nH]ccc2c1. The van der Waals surface area contributed by atoms with E-state index in [2.05, 4.69) is 46.6 Å². The van der Waals surface area contributed by atoms with Crippen LogP contribution in [-0.2, 0) is 10.0 Å². The zero-order valence-electron chi connectivity index (χ0n) is 32.7. The minimum Gasteiger partial charge on any atom is -0.455 e. The summed E-state index contributed by atoms with van der Waals surface area (Å²) in [5, 5.41) is 13.6. The first-order valence-corrected chi connectivity index (χ1v) is 22.3. The average molecular weight is 847 g/mol. The summed E-state index contributed by atoms with van der Waals surface area (Å²) in [5.74, 6) is 0.262. The van der Waals surface area contributed by atoms with E-state index in [1.807, 2.05) is 18.2 Å². The molecule has 10 rings (SSSR count). The topological polar surface area (TPSA) is 179 Å². The molecule has 6 aromatic rings. The second kappa shape index (κ2) is 15.0. The Morgan fingerprint density at radius 2 is 1.82 bits per heavy atom. The van der Waals surface area contributed by atoms with Gasteiger partial charge in [0.1, 0.15) is 28.5 Å². The van der Waals surface area contributed by atoms with E-state index in [0.717, 1.165) is 80.6 Å². The number of carbonyl (C=O) groups is 1. The van der Waals surface area contributed by atoms with Crippen LogP contribution in [-0.4, -0.2) is 76.8 Å². The molecule has 14 nitrogen and oxygen atoms in total. The van der Waals surface area contributed by atoms with E-state index in [-0.39, 0.29) is 28.3 Å². The Labute approximate surface area is 351 Å². The van der Waals surface area contributed by atoms with Crippen molar-refractivity contribution in [1.29, 1.82) is 0 Å². The van der Waals surface area contributed by atoms with Gasteiger partial charge in [-0.25, -0.2) is 23.1 Å². The number of anilines is 1. The highest BCUT2D eigenvalue weighted by Gasteiger charge is 2.41. The van der Waals surface area contributed by atoms with Crippen molar-refractivity contribution in [2.75, 3.05) is 37.6 Å². The zero-order chi connectivity index (χ0) is 41.2. The number of H-pyrrole nitrogens is 2. The van der Waals surface area contributed by atoms with E-state index < -0.39 is 31.4 Å². The smallest absolute Gasteiger partial charge is 0.296 e. The van der Waals surface area contributed by atoms with Crippen molar-refractivity contribution in [3.05, 3.63) is 117 Å². The van der Waals surface area contributed by atoms with E-state index in [1.54, 1.807) is 30.5 Å². The maximum atomic E-state index is 14.0. The van der Waals surface area contributed by atoms with Gasteiger partial charge in [-0.15, -0.1) is 0 Å². The molecule has 3 aliphatic carbocycles. The molecule has 1 amide bonds. The van der Waals surface area contributed by atoms with Gasteiger partial charge in [0, 0.05) is 73.1 Å². The lowest BCUT2D eigenvalue weighted by atomic mass is 9.59. The van der Waals surface area contributed by atoms with Crippen LogP contribution in [0.3, 0.4) is 0 Å². The van der Waals surface area contributed by atoms with Gasteiger partial charge in [0.25, 0.3) is 21.6 Å². The largest absolute Gasteiger partial charge is 0.455 e. The molecule has 0 atom stereocenters. The maximum Gasteiger partial charge on any atom is 0.296 e. The summed E-state index contributed by atoms with van der Waals surface area (Å²) < 4.78 is 36.0.